The summed E-state index contributed by atoms with van der Waals surface area (Å²) < 4.78 is 0. The van der Waals surface area contributed by atoms with Gasteiger partial charge in [0, 0.05) is 0 Å². The van der Waals surface area contributed by atoms with Crippen molar-refractivity contribution in [1.82, 2.24) is 0 Å². The van der Waals surface area contributed by atoms with Crippen LogP contribution in [0.15, 0.2) is 30.3 Å². The molecule has 0 nitrogen and oxygen atoms in total. The predicted octanol–water partition coefficient (Wildman–Crippen LogP) is -1.59. The van der Waals surface area contributed by atoms with E-state index in [9.17, 15) is 0 Å². The fraction of sp³-hybridized carbons (Fsp3) is 0. The molecule has 0 spiro atoms. The Kier molecular flexibility index (Phi) is 8.98. The third-order valence-corrected chi connectivity index (χ3v) is 0.556. The summed E-state index contributed by atoms with van der Waals surface area (Å²) in [5.74, 6) is 0. The molecule has 0 aliphatic carbocycles. The van der Waals surface area contributed by atoms with E-state index in [1.807, 2.05) is 30.3 Å². The maximum atomic E-state index is 2.00. The Labute approximate surface area is 60.2 Å². The van der Waals surface area contributed by atoms with Crippen LogP contribution in [0.1, 0.15) is 0 Å². The van der Waals surface area contributed by atoms with E-state index in [-0.39, 0.29) is 29.5 Å². The summed E-state index contributed by atoms with van der Waals surface area (Å²) in [6.07, 6.45) is 0. The van der Waals surface area contributed by atoms with Crippen LogP contribution >= 0.6 is 0 Å². The Bertz CT molecular complexity index is 64.6. The number of hydrogen-bond donors (Lipinski definition) is 0. The average molecular weight is 155 g/mol. The first-order valence-corrected chi connectivity index (χ1v) is 1.67. The Balaban J connectivity index is 0. The first-order chi connectivity index (χ1) is 2.50. The second kappa shape index (κ2) is 6.16. The third-order valence-electron chi connectivity index (χ3n) is 0.556. The van der Waals surface area contributed by atoms with Crippen molar-refractivity contribution in [2.24, 2.45) is 0 Å². The van der Waals surface area contributed by atoms with Gasteiger partial charge in [-0.2, -0.15) is 18.2 Å². The van der Waals surface area contributed by atoms with Gasteiger partial charge < -0.3 is 12.4 Å². The van der Waals surface area contributed by atoms with E-state index < -0.39 is 0 Å². The molecular weight excluding hydrogens is 150 g/mol. The zero-order valence-electron chi connectivity index (χ0n) is 3.64. The Morgan fingerprint density at radius 3 is 1.57 bits per heavy atom. The smallest absolute Gasteiger partial charge is 1.00 e. The minimum atomic E-state index is 0. The van der Waals surface area contributed by atoms with Crippen LogP contribution in [0.2, 0.25) is 0 Å². The van der Waals surface area contributed by atoms with Gasteiger partial charge in [-0.05, 0) is 0 Å². The van der Waals surface area contributed by atoms with Crippen LogP contribution in [0.3, 0.4) is 0 Å². The summed E-state index contributed by atoms with van der Waals surface area (Å²) in [6, 6.07) is 10.0. The fourth-order valence-electron chi connectivity index (χ4n) is 0.321. The number of hydrogen-bond acceptors (Lipinski definition) is 0. The molecule has 1 aromatic rings. The zero-order valence-corrected chi connectivity index (χ0v) is 5.58. The zero-order chi connectivity index (χ0) is 3.54. The molecule has 0 N–H and O–H groups in total. The van der Waals surface area contributed by atoms with E-state index in [2.05, 4.69) is 0 Å². The van der Waals surface area contributed by atoms with Gasteiger partial charge in [-0.25, -0.2) is 12.1 Å². The Hall–Kier alpha value is 0.159. The van der Waals surface area contributed by atoms with Gasteiger partial charge in [0.1, 0.15) is 0 Å². The summed E-state index contributed by atoms with van der Waals surface area (Å²) in [4.78, 5) is 0. The minimum absolute atomic E-state index is 0. The van der Waals surface area contributed by atoms with E-state index in [0.717, 1.165) is 0 Å². The Morgan fingerprint density at radius 2 is 1.43 bits per heavy atom. The molecule has 0 unspecified atom stereocenters. The molecule has 0 saturated carbocycles. The van der Waals surface area contributed by atoms with Crippen molar-refractivity contribution in [2.75, 3.05) is 0 Å². The van der Waals surface area contributed by atoms with Crippen LogP contribution in [0.4, 0.5) is 0 Å². The molecule has 0 saturated heterocycles. The van der Waals surface area contributed by atoms with E-state index in [1.165, 1.54) is 0 Å². The monoisotopic (exact) mass is 155 g/mol. The minimum Gasteiger partial charge on any atom is -1.00 e. The molecule has 0 heterocycles. The van der Waals surface area contributed by atoms with Gasteiger partial charge in [0.25, 0.3) is 0 Å². The molecule has 0 aliphatic heterocycles. The first kappa shape index (κ1) is 10.2. The van der Waals surface area contributed by atoms with Gasteiger partial charge in [-0.1, -0.05) is 0 Å². The normalized spacial score (nSPS) is 5.71. The van der Waals surface area contributed by atoms with E-state index in [4.69, 9.17) is 0 Å². The van der Waals surface area contributed by atoms with Crippen LogP contribution < -0.4 is 12.4 Å². The molecule has 1 radical (unpaired) electrons. The molecule has 0 aliphatic rings. The van der Waals surface area contributed by atoms with Gasteiger partial charge in [0.05, 0.1) is 0 Å². The van der Waals surface area contributed by atoms with Crippen molar-refractivity contribution < 1.29 is 29.5 Å². The van der Waals surface area contributed by atoms with Crippen LogP contribution in [-0.4, -0.2) is 0 Å². The second-order valence-electron chi connectivity index (χ2n) is 0.962. The third kappa shape index (κ3) is 4.00. The van der Waals surface area contributed by atoms with Gasteiger partial charge in [0.2, 0.25) is 0 Å². The van der Waals surface area contributed by atoms with Crippen LogP contribution in [0, 0.1) is 0 Å². The van der Waals surface area contributed by atoms with Crippen molar-refractivity contribution in [3.05, 3.63) is 30.3 Å². The summed E-state index contributed by atoms with van der Waals surface area (Å²) >= 11 is 0. The van der Waals surface area contributed by atoms with E-state index >= 15 is 0 Å². The standard InChI is InChI=1S/C5H5.ClH.Mn/c1-2-4-5-3-1;;/h1-5H;1H;/q-1;;+2/p-1. The van der Waals surface area contributed by atoms with Gasteiger partial charge in [0.15, 0.2) is 0 Å². The summed E-state index contributed by atoms with van der Waals surface area (Å²) in [5.41, 5.74) is 0. The largest absolute Gasteiger partial charge is 2.00 e. The maximum Gasteiger partial charge on any atom is 2.00 e. The summed E-state index contributed by atoms with van der Waals surface area (Å²) in [5, 5.41) is 0. The van der Waals surface area contributed by atoms with Crippen molar-refractivity contribution in [1.29, 1.82) is 0 Å². The first-order valence-electron chi connectivity index (χ1n) is 1.67. The molecule has 2 heteroatoms. The number of halogens is 1. The van der Waals surface area contributed by atoms with Crippen LogP contribution in [-0.2, 0) is 17.1 Å². The van der Waals surface area contributed by atoms with E-state index in [1.54, 1.807) is 0 Å². The van der Waals surface area contributed by atoms with Crippen molar-refractivity contribution in [3.8, 4) is 0 Å². The topological polar surface area (TPSA) is 0 Å². The van der Waals surface area contributed by atoms with Crippen molar-refractivity contribution in [3.63, 3.8) is 0 Å². The average Bonchev–Trinajstić information content (AvgIpc) is 1.76. The molecule has 0 aromatic heterocycles. The SMILES string of the molecule is [Cl-].[Mn+2].c1cc[cH-]c1. The van der Waals surface area contributed by atoms with Gasteiger partial charge in [-0.15, -0.1) is 0 Å². The molecule has 0 atom stereocenters. The molecule has 0 fully saturated rings. The maximum absolute atomic E-state index is 2.00. The molecule has 1 rings (SSSR count). The van der Waals surface area contributed by atoms with Gasteiger partial charge >= 0.3 is 17.1 Å². The molecular formula is C5H5ClMn. The second-order valence-corrected chi connectivity index (χ2v) is 0.962. The summed E-state index contributed by atoms with van der Waals surface area (Å²) in [6.45, 7) is 0. The van der Waals surface area contributed by atoms with Crippen LogP contribution in [0.5, 0.6) is 0 Å². The molecule has 39 valence electrons. The Morgan fingerprint density at radius 1 is 1.00 bits per heavy atom. The number of rotatable bonds is 0. The van der Waals surface area contributed by atoms with Gasteiger partial charge in [-0.3, -0.25) is 0 Å². The fourth-order valence-corrected chi connectivity index (χ4v) is 0.321. The summed E-state index contributed by atoms with van der Waals surface area (Å²) in [7, 11) is 0. The molecule has 7 heavy (non-hydrogen) atoms. The van der Waals surface area contributed by atoms with Crippen molar-refractivity contribution >= 4 is 0 Å². The van der Waals surface area contributed by atoms with Crippen molar-refractivity contribution in [2.45, 2.75) is 0 Å². The molecule has 0 bridgehead atoms. The van der Waals surface area contributed by atoms with Crippen LogP contribution in [0.25, 0.3) is 0 Å². The predicted molar refractivity (Wildman–Crippen MR) is 22.0 cm³/mol. The quantitative estimate of drug-likeness (QED) is 0.313. The van der Waals surface area contributed by atoms with E-state index in [0.29, 0.717) is 0 Å². The molecule has 0 amide bonds. The molecule has 1 aromatic carbocycles.